The fraction of sp³-hybridized carbons (Fsp3) is 0.348. The topological polar surface area (TPSA) is 51.0 Å². The van der Waals surface area contributed by atoms with Crippen LogP contribution in [-0.4, -0.2) is 38.4 Å². The van der Waals surface area contributed by atoms with E-state index in [2.05, 4.69) is 34.6 Å². The summed E-state index contributed by atoms with van der Waals surface area (Å²) in [6.07, 6.45) is 6.99. The van der Waals surface area contributed by atoms with E-state index < -0.39 is 0 Å². The number of carbonyl (C=O) groups is 1. The first-order valence-corrected chi connectivity index (χ1v) is 10.6. The molecule has 2 heterocycles. The zero-order chi connectivity index (χ0) is 20.1. The van der Waals surface area contributed by atoms with Crippen molar-refractivity contribution in [2.45, 2.75) is 44.7 Å². The summed E-state index contributed by atoms with van der Waals surface area (Å²) in [5.41, 5.74) is 2.81. The predicted molar refractivity (Wildman–Crippen MR) is 114 cm³/mol. The van der Waals surface area contributed by atoms with Gasteiger partial charge in [0.25, 0.3) is 5.91 Å². The van der Waals surface area contributed by atoms with Gasteiger partial charge in [0.05, 0.1) is 12.7 Å². The average molecular weight is 409 g/mol. The molecule has 5 nitrogen and oxygen atoms in total. The second-order valence-corrected chi connectivity index (χ2v) is 8.04. The number of benzene rings is 2. The minimum absolute atomic E-state index is 0.00915. The molecule has 1 fully saturated rings. The van der Waals surface area contributed by atoms with Crippen molar-refractivity contribution in [3.63, 3.8) is 0 Å². The van der Waals surface area contributed by atoms with E-state index in [-0.39, 0.29) is 11.9 Å². The van der Waals surface area contributed by atoms with Crippen molar-refractivity contribution in [1.29, 1.82) is 0 Å². The molecule has 0 bridgehead atoms. The molecule has 0 radical (unpaired) electrons. The summed E-state index contributed by atoms with van der Waals surface area (Å²) in [4.78, 5) is 15.1. The number of aromatic nitrogens is 3. The first-order valence-electron chi connectivity index (χ1n) is 10.2. The molecule has 1 amide bonds. The number of amides is 1. The van der Waals surface area contributed by atoms with E-state index in [9.17, 15) is 4.79 Å². The molecule has 3 aromatic rings. The third kappa shape index (κ3) is 5.04. The Balaban J connectivity index is 1.41. The first kappa shape index (κ1) is 19.6. The van der Waals surface area contributed by atoms with Crippen molar-refractivity contribution in [2.75, 3.05) is 6.54 Å². The molecule has 6 heteroatoms. The third-order valence-corrected chi connectivity index (χ3v) is 5.76. The highest BCUT2D eigenvalue weighted by molar-refractivity contribution is 6.30. The molecule has 1 atom stereocenters. The molecule has 0 spiro atoms. The largest absolute Gasteiger partial charge is 0.334 e. The molecule has 29 heavy (non-hydrogen) atoms. The van der Waals surface area contributed by atoms with Gasteiger partial charge in [-0.25, -0.2) is 4.68 Å². The molecule has 1 aliphatic heterocycles. The molecule has 1 aromatic heterocycles. The maximum atomic E-state index is 13.1. The molecule has 0 N–H and O–H groups in total. The van der Waals surface area contributed by atoms with Gasteiger partial charge in [-0.1, -0.05) is 59.3 Å². The van der Waals surface area contributed by atoms with Crippen LogP contribution in [0.25, 0.3) is 0 Å². The van der Waals surface area contributed by atoms with E-state index in [0.29, 0.717) is 17.3 Å². The number of piperidine rings is 1. The molecule has 1 saturated heterocycles. The number of halogens is 1. The summed E-state index contributed by atoms with van der Waals surface area (Å²) in [5, 5.41) is 9.01. The lowest BCUT2D eigenvalue weighted by atomic mass is 9.95. The number of rotatable bonds is 6. The molecule has 1 aliphatic rings. The van der Waals surface area contributed by atoms with Gasteiger partial charge >= 0.3 is 0 Å². The SMILES string of the molecule is O=C(c1cn(Cc2ccc(Cl)cc2)nn1)N1CCCC[C@H]1CCc1ccccc1. The lowest BCUT2D eigenvalue weighted by Crippen LogP contribution is -2.44. The van der Waals surface area contributed by atoms with Crippen molar-refractivity contribution in [1.82, 2.24) is 19.9 Å². The minimum atomic E-state index is -0.00915. The number of hydrogen-bond acceptors (Lipinski definition) is 3. The quantitative estimate of drug-likeness (QED) is 0.598. The second-order valence-electron chi connectivity index (χ2n) is 7.60. The fourth-order valence-electron chi connectivity index (χ4n) is 3.94. The maximum Gasteiger partial charge on any atom is 0.276 e. The molecule has 0 saturated carbocycles. The number of likely N-dealkylation sites (tertiary alicyclic amines) is 1. The van der Waals surface area contributed by atoms with Gasteiger partial charge in [-0.3, -0.25) is 4.79 Å². The minimum Gasteiger partial charge on any atom is -0.334 e. The molecule has 150 valence electrons. The first-order chi connectivity index (χ1) is 14.2. The summed E-state index contributed by atoms with van der Waals surface area (Å²) in [6, 6.07) is 18.3. The van der Waals surface area contributed by atoms with Crippen LogP contribution in [0.5, 0.6) is 0 Å². The van der Waals surface area contributed by atoms with Crippen LogP contribution in [0.15, 0.2) is 60.8 Å². The fourth-order valence-corrected chi connectivity index (χ4v) is 4.07. The van der Waals surface area contributed by atoms with Crippen LogP contribution in [-0.2, 0) is 13.0 Å². The third-order valence-electron chi connectivity index (χ3n) is 5.51. The monoisotopic (exact) mass is 408 g/mol. The van der Waals surface area contributed by atoms with Gasteiger partial charge in [0.1, 0.15) is 0 Å². The van der Waals surface area contributed by atoms with Crippen LogP contribution in [0.2, 0.25) is 5.02 Å². The zero-order valence-electron chi connectivity index (χ0n) is 16.4. The summed E-state index contributed by atoms with van der Waals surface area (Å²) < 4.78 is 1.71. The van der Waals surface area contributed by atoms with Crippen molar-refractivity contribution in [2.24, 2.45) is 0 Å². The Bertz CT molecular complexity index is 939. The molecular weight excluding hydrogens is 384 g/mol. The lowest BCUT2D eigenvalue weighted by Gasteiger charge is -2.35. The van der Waals surface area contributed by atoms with Crippen molar-refractivity contribution in [3.05, 3.63) is 82.6 Å². The summed E-state index contributed by atoms with van der Waals surface area (Å²) in [7, 11) is 0. The smallest absolute Gasteiger partial charge is 0.276 e. The summed E-state index contributed by atoms with van der Waals surface area (Å²) in [6.45, 7) is 1.36. The summed E-state index contributed by atoms with van der Waals surface area (Å²) in [5.74, 6) is -0.00915. The Labute approximate surface area is 176 Å². The average Bonchev–Trinajstić information content (AvgIpc) is 3.23. The van der Waals surface area contributed by atoms with Gasteiger partial charge in [0.2, 0.25) is 0 Å². The van der Waals surface area contributed by atoms with Crippen LogP contribution in [0, 0.1) is 0 Å². The number of hydrogen-bond donors (Lipinski definition) is 0. The van der Waals surface area contributed by atoms with Crippen molar-refractivity contribution in [3.8, 4) is 0 Å². The van der Waals surface area contributed by atoms with E-state index in [1.807, 2.05) is 35.2 Å². The number of carbonyl (C=O) groups excluding carboxylic acids is 1. The lowest BCUT2D eigenvalue weighted by molar-refractivity contribution is 0.0595. The van der Waals surface area contributed by atoms with Gasteiger partial charge in [-0.05, 0) is 55.4 Å². The van der Waals surface area contributed by atoms with E-state index in [4.69, 9.17) is 11.6 Å². The predicted octanol–water partition coefficient (Wildman–Crippen LogP) is 4.61. The molecular formula is C23H25ClN4O. The van der Waals surface area contributed by atoms with Crippen molar-refractivity contribution < 1.29 is 4.79 Å². The normalized spacial score (nSPS) is 16.7. The van der Waals surface area contributed by atoms with Crippen LogP contribution in [0.1, 0.15) is 47.3 Å². The van der Waals surface area contributed by atoms with Crippen LogP contribution in [0.3, 0.4) is 0 Å². The molecule has 2 aromatic carbocycles. The van der Waals surface area contributed by atoms with Gasteiger partial charge < -0.3 is 4.90 Å². The molecule has 0 aliphatic carbocycles. The van der Waals surface area contributed by atoms with E-state index in [0.717, 1.165) is 37.8 Å². The van der Waals surface area contributed by atoms with E-state index in [1.165, 1.54) is 12.0 Å². The Kier molecular flexibility index (Phi) is 6.25. The zero-order valence-corrected chi connectivity index (χ0v) is 17.1. The van der Waals surface area contributed by atoms with Crippen LogP contribution >= 0.6 is 11.6 Å². The van der Waals surface area contributed by atoms with Gasteiger partial charge in [0.15, 0.2) is 5.69 Å². The van der Waals surface area contributed by atoms with E-state index >= 15 is 0 Å². The Morgan fingerprint density at radius 1 is 1.03 bits per heavy atom. The van der Waals surface area contributed by atoms with Gasteiger partial charge in [-0.15, -0.1) is 5.10 Å². The summed E-state index contributed by atoms with van der Waals surface area (Å²) >= 11 is 5.94. The molecule has 4 rings (SSSR count). The second kappa shape index (κ2) is 9.23. The number of nitrogens with zero attached hydrogens (tertiary/aromatic N) is 4. The Morgan fingerprint density at radius 3 is 2.62 bits per heavy atom. The Morgan fingerprint density at radius 2 is 1.83 bits per heavy atom. The highest BCUT2D eigenvalue weighted by Crippen LogP contribution is 2.23. The van der Waals surface area contributed by atoms with Gasteiger partial charge in [-0.2, -0.15) is 0 Å². The highest BCUT2D eigenvalue weighted by Gasteiger charge is 2.28. The molecule has 0 unspecified atom stereocenters. The standard InChI is InChI=1S/C23H25ClN4O/c24-20-12-9-19(10-13-20)16-27-17-22(25-26-27)23(29)28-15-5-4-8-21(28)14-11-18-6-2-1-3-7-18/h1-3,6-7,9-10,12-13,17,21H,4-5,8,11,14-16H2/t21-/m0/s1. The number of aryl methyl sites for hydroxylation is 1. The maximum absolute atomic E-state index is 13.1. The Hall–Kier alpha value is -2.66. The van der Waals surface area contributed by atoms with E-state index in [1.54, 1.807) is 10.9 Å². The highest BCUT2D eigenvalue weighted by atomic mass is 35.5. The van der Waals surface area contributed by atoms with Crippen molar-refractivity contribution >= 4 is 17.5 Å². The van der Waals surface area contributed by atoms with Crippen LogP contribution in [0.4, 0.5) is 0 Å². The van der Waals surface area contributed by atoms with Gasteiger partial charge in [0, 0.05) is 17.6 Å². The van der Waals surface area contributed by atoms with Crippen LogP contribution < -0.4 is 0 Å².